The van der Waals surface area contributed by atoms with Crippen molar-refractivity contribution in [3.63, 3.8) is 0 Å². The fraction of sp³-hybridized carbons (Fsp3) is 0.500. The van der Waals surface area contributed by atoms with Crippen LogP contribution in [0.3, 0.4) is 0 Å². The van der Waals surface area contributed by atoms with Crippen molar-refractivity contribution < 1.29 is 8.78 Å². The number of halogens is 2. The van der Waals surface area contributed by atoms with Gasteiger partial charge in [0.1, 0.15) is 0 Å². The molecule has 0 aliphatic carbocycles. The number of alkyl halides is 2. The van der Waals surface area contributed by atoms with E-state index in [4.69, 9.17) is 0 Å². The zero-order chi connectivity index (χ0) is 12.3. The zero-order valence-electron chi connectivity index (χ0n) is 9.50. The fourth-order valence-electron chi connectivity index (χ4n) is 1.18. The van der Waals surface area contributed by atoms with Crippen LogP contribution in [-0.2, 0) is 0 Å². The Balaban J connectivity index is 0.000000251. The van der Waals surface area contributed by atoms with Gasteiger partial charge in [-0.05, 0) is 6.26 Å². The van der Waals surface area contributed by atoms with Crippen LogP contribution in [0.4, 0.5) is 8.78 Å². The second-order valence-corrected chi connectivity index (χ2v) is 3.26. The molecule has 1 aromatic rings. The molecule has 1 aliphatic rings. The molecule has 1 fully saturated rings. The van der Waals surface area contributed by atoms with Gasteiger partial charge in [0.15, 0.2) is 0 Å². The third kappa shape index (κ3) is 8.68. The van der Waals surface area contributed by atoms with Gasteiger partial charge in [0, 0.05) is 25.9 Å². The van der Waals surface area contributed by atoms with E-state index in [0.717, 1.165) is 0 Å². The highest BCUT2D eigenvalue weighted by atomic mass is 32.1. The number of rotatable bonds is 0. The lowest BCUT2D eigenvalue weighted by molar-refractivity contribution is -0.0274. The second kappa shape index (κ2) is 9.60. The standard InChI is InChI=1S/C6H6.C5H9F2N.CH4S/c1-2-4-6-5-3-1;6-5(7)1-3-8-4-2-5;1-2/h1-6H;8H,1-4H2;2H,1H3. The summed E-state index contributed by atoms with van der Waals surface area (Å²) in [6, 6.07) is 12.0. The Morgan fingerprint density at radius 3 is 1.38 bits per heavy atom. The van der Waals surface area contributed by atoms with Crippen molar-refractivity contribution in [2.75, 3.05) is 19.3 Å². The highest BCUT2D eigenvalue weighted by Crippen LogP contribution is 2.23. The number of thiol groups is 1. The summed E-state index contributed by atoms with van der Waals surface area (Å²) in [6.45, 7) is 0.931. The predicted molar refractivity (Wildman–Crippen MR) is 68.4 cm³/mol. The minimum absolute atomic E-state index is 0.00694. The lowest BCUT2D eigenvalue weighted by Gasteiger charge is -2.21. The normalized spacial score (nSPS) is 17.2. The van der Waals surface area contributed by atoms with Gasteiger partial charge < -0.3 is 5.32 Å². The summed E-state index contributed by atoms with van der Waals surface area (Å²) in [4.78, 5) is 0. The van der Waals surface area contributed by atoms with Crippen LogP contribution < -0.4 is 5.32 Å². The van der Waals surface area contributed by atoms with E-state index in [9.17, 15) is 8.78 Å². The maximum absolute atomic E-state index is 12.2. The van der Waals surface area contributed by atoms with E-state index < -0.39 is 5.92 Å². The Morgan fingerprint density at radius 2 is 1.19 bits per heavy atom. The summed E-state index contributed by atoms with van der Waals surface area (Å²) in [5.41, 5.74) is 0. The molecular weight excluding hydrogens is 228 g/mol. The Kier molecular flexibility index (Phi) is 9.24. The third-order valence-corrected chi connectivity index (χ3v) is 2.00. The molecule has 0 aromatic heterocycles. The fourth-order valence-corrected chi connectivity index (χ4v) is 1.18. The molecule has 1 aromatic carbocycles. The average Bonchev–Trinajstić information content (AvgIpc) is 2.34. The number of piperidine rings is 1. The van der Waals surface area contributed by atoms with Crippen molar-refractivity contribution in [2.24, 2.45) is 0 Å². The zero-order valence-corrected chi connectivity index (χ0v) is 10.4. The van der Waals surface area contributed by atoms with Crippen LogP contribution in [0.15, 0.2) is 36.4 Å². The molecule has 0 bridgehead atoms. The van der Waals surface area contributed by atoms with Gasteiger partial charge in [-0.1, -0.05) is 36.4 Å². The van der Waals surface area contributed by atoms with E-state index >= 15 is 0 Å². The lowest BCUT2D eigenvalue weighted by Crippen LogP contribution is -2.35. The third-order valence-electron chi connectivity index (χ3n) is 2.00. The summed E-state index contributed by atoms with van der Waals surface area (Å²) >= 11 is 3.53. The molecule has 0 spiro atoms. The Labute approximate surface area is 102 Å². The summed E-state index contributed by atoms with van der Waals surface area (Å²) < 4.78 is 24.3. The topological polar surface area (TPSA) is 12.0 Å². The molecule has 0 unspecified atom stereocenters. The smallest absolute Gasteiger partial charge is 0.250 e. The van der Waals surface area contributed by atoms with Crippen molar-refractivity contribution in [3.8, 4) is 0 Å². The van der Waals surface area contributed by atoms with E-state index in [1.165, 1.54) is 0 Å². The van der Waals surface area contributed by atoms with Crippen molar-refractivity contribution in [1.29, 1.82) is 0 Å². The van der Waals surface area contributed by atoms with E-state index in [1.807, 2.05) is 36.4 Å². The average molecular weight is 247 g/mol. The lowest BCUT2D eigenvalue weighted by atomic mass is 10.1. The van der Waals surface area contributed by atoms with Crippen LogP contribution in [-0.4, -0.2) is 25.3 Å². The molecule has 1 aliphatic heterocycles. The van der Waals surface area contributed by atoms with Crippen molar-refractivity contribution in [2.45, 2.75) is 18.8 Å². The molecule has 1 nitrogen and oxygen atoms in total. The van der Waals surface area contributed by atoms with Crippen LogP contribution in [0, 0.1) is 0 Å². The van der Waals surface area contributed by atoms with Crippen molar-refractivity contribution in [1.82, 2.24) is 5.32 Å². The van der Waals surface area contributed by atoms with Crippen LogP contribution in [0.2, 0.25) is 0 Å². The largest absolute Gasteiger partial charge is 0.316 e. The number of nitrogens with one attached hydrogen (secondary N) is 1. The molecule has 1 saturated heterocycles. The number of hydrogen-bond donors (Lipinski definition) is 2. The molecule has 4 heteroatoms. The summed E-state index contributed by atoms with van der Waals surface area (Å²) in [6.07, 6.45) is 1.71. The van der Waals surface area contributed by atoms with Gasteiger partial charge in [-0.25, -0.2) is 8.78 Å². The van der Waals surface area contributed by atoms with E-state index in [-0.39, 0.29) is 12.8 Å². The first-order valence-electron chi connectivity index (χ1n) is 5.24. The van der Waals surface area contributed by atoms with Gasteiger partial charge in [-0.15, -0.1) is 0 Å². The maximum atomic E-state index is 12.2. The Hall–Kier alpha value is -0.610. The van der Waals surface area contributed by atoms with E-state index in [2.05, 4.69) is 17.9 Å². The highest BCUT2D eigenvalue weighted by molar-refractivity contribution is 7.79. The summed E-state index contributed by atoms with van der Waals surface area (Å²) in [5.74, 6) is -2.38. The van der Waals surface area contributed by atoms with Gasteiger partial charge in [-0.2, -0.15) is 12.6 Å². The maximum Gasteiger partial charge on any atom is 0.250 e. The minimum atomic E-state index is -2.38. The second-order valence-electron chi connectivity index (χ2n) is 3.26. The molecule has 2 rings (SSSR count). The van der Waals surface area contributed by atoms with Gasteiger partial charge in [0.2, 0.25) is 0 Å². The molecule has 1 N–H and O–H groups in total. The van der Waals surface area contributed by atoms with Crippen LogP contribution in [0.5, 0.6) is 0 Å². The molecular formula is C12H19F2NS. The number of hydrogen-bond acceptors (Lipinski definition) is 2. The first-order chi connectivity index (χ1) is 7.71. The monoisotopic (exact) mass is 247 g/mol. The van der Waals surface area contributed by atoms with E-state index in [0.29, 0.717) is 13.1 Å². The molecule has 0 amide bonds. The van der Waals surface area contributed by atoms with Crippen LogP contribution in [0.25, 0.3) is 0 Å². The van der Waals surface area contributed by atoms with Crippen molar-refractivity contribution >= 4 is 12.6 Å². The first-order valence-corrected chi connectivity index (χ1v) is 6.13. The minimum Gasteiger partial charge on any atom is -0.316 e. The quantitative estimate of drug-likeness (QED) is 0.671. The SMILES string of the molecule is CS.FC1(F)CCNCC1.c1ccccc1. The molecule has 0 atom stereocenters. The summed E-state index contributed by atoms with van der Waals surface area (Å²) in [7, 11) is 0. The Bertz CT molecular complexity index is 207. The number of benzene rings is 1. The van der Waals surface area contributed by atoms with Gasteiger partial charge in [0.05, 0.1) is 0 Å². The first kappa shape index (κ1) is 15.4. The molecule has 0 saturated carbocycles. The van der Waals surface area contributed by atoms with Gasteiger partial charge in [0.25, 0.3) is 5.92 Å². The van der Waals surface area contributed by atoms with Crippen LogP contribution >= 0.6 is 12.6 Å². The molecule has 92 valence electrons. The van der Waals surface area contributed by atoms with Gasteiger partial charge >= 0.3 is 0 Å². The van der Waals surface area contributed by atoms with Crippen LogP contribution in [0.1, 0.15) is 12.8 Å². The van der Waals surface area contributed by atoms with Gasteiger partial charge in [-0.3, -0.25) is 0 Å². The molecule has 16 heavy (non-hydrogen) atoms. The summed E-state index contributed by atoms with van der Waals surface area (Å²) in [5, 5.41) is 2.86. The van der Waals surface area contributed by atoms with E-state index in [1.54, 1.807) is 6.26 Å². The highest BCUT2D eigenvalue weighted by Gasteiger charge is 2.30. The predicted octanol–water partition coefficient (Wildman–Crippen LogP) is 3.24. The molecule has 1 heterocycles. The van der Waals surface area contributed by atoms with Crippen molar-refractivity contribution in [3.05, 3.63) is 36.4 Å². The Morgan fingerprint density at radius 1 is 0.875 bits per heavy atom. The molecule has 0 radical (unpaired) electrons.